The van der Waals surface area contributed by atoms with Crippen molar-refractivity contribution < 1.29 is 19.1 Å². The van der Waals surface area contributed by atoms with Gasteiger partial charge in [0.05, 0.1) is 18.2 Å². The van der Waals surface area contributed by atoms with E-state index in [1.807, 2.05) is 6.92 Å². The second kappa shape index (κ2) is 9.03. The summed E-state index contributed by atoms with van der Waals surface area (Å²) in [6.07, 6.45) is 1.50. The number of amides is 1. The van der Waals surface area contributed by atoms with E-state index >= 15 is 0 Å². The lowest BCUT2D eigenvalue weighted by molar-refractivity contribution is 0.0460. The van der Waals surface area contributed by atoms with E-state index in [1.54, 1.807) is 43.3 Å². The number of nitrogens with zero attached hydrogens (tertiary/aromatic N) is 1. The number of halogens is 1. The van der Waals surface area contributed by atoms with Crippen molar-refractivity contribution in [2.45, 2.75) is 19.9 Å². The molecule has 0 radical (unpaired) electrons. The number of aromatic nitrogens is 1. The molecule has 0 aliphatic carbocycles. The van der Waals surface area contributed by atoms with E-state index in [0.717, 1.165) is 0 Å². The topological polar surface area (TPSA) is 77.5 Å². The highest BCUT2D eigenvalue weighted by Gasteiger charge is 2.17. The predicted molar refractivity (Wildman–Crippen MR) is 94.1 cm³/mol. The van der Waals surface area contributed by atoms with Crippen LogP contribution >= 0.6 is 11.6 Å². The predicted octanol–water partition coefficient (Wildman–Crippen LogP) is 3.11. The number of hydrogen-bond acceptors (Lipinski definition) is 5. The number of pyridine rings is 1. The minimum absolute atomic E-state index is 0.0168. The molecular weight excluding hydrogens is 344 g/mol. The molecule has 1 aromatic heterocycles. The Morgan fingerprint density at radius 1 is 1.20 bits per heavy atom. The zero-order valence-corrected chi connectivity index (χ0v) is 14.7. The Balaban J connectivity index is 1.92. The molecule has 6 nitrogen and oxygen atoms in total. The standard InChI is InChI=1S/C18H19ClN2O4/c1-3-24-15-9-5-4-7-13(15)18(23)25-11-12(2)21-17(22)14-8-6-10-20-16(14)19/h4-10,12H,3,11H2,1-2H3,(H,21,22)/t12-/m0/s1. The normalized spacial score (nSPS) is 11.5. The SMILES string of the molecule is CCOc1ccccc1C(=O)OC[C@H](C)NC(=O)c1cccnc1Cl. The summed E-state index contributed by atoms with van der Waals surface area (Å²) < 4.78 is 10.7. The molecule has 0 unspecified atom stereocenters. The number of nitrogens with one attached hydrogen (secondary N) is 1. The molecule has 1 N–H and O–H groups in total. The molecule has 132 valence electrons. The summed E-state index contributed by atoms with van der Waals surface area (Å²) in [6.45, 7) is 4.03. The summed E-state index contributed by atoms with van der Waals surface area (Å²) in [7, 11) is 0. The average molecular weight is 363 g/mol. The molecule has 7 heteroatoms. The van der Waals surface area contributed by atoms with Gasteiger partial charge in [-0.25, -0.2) is 9.78 Å². The molecule has 1 atom stereocenters. The maximum absolute atomic E-state index is 12.2. The fourth-order valence-corrected chi connectivity index (χ4v) is 2.30. The van der Waals surface area contributed by atoms with Gasteiger partial charge in [0, 0.05) is 6.20 Å². The molecule has 0 saturated heterocycles. The summed E-state index contributed by atoms with van der Waals surface area (Å²) in [4.78, 5) is 28.2. The molecule has 1 amide bonds. The number of rotatable bonds is 7. The molecule has 0 aliphatic heterocycles. The van der Waals surface area contributed by atoms with E-state index in [2.05, 4.69) is 10.3 Å². The number of carbonyl (C=O) groups excluding carboxylic acids is 2. The zero-order valence-electron chi connectivity index (χ0n) is 14.0. The number of esters is 1. The fraction of sp³-hybridized carbons (Fsp3) is 0.278. The maximum Gasteiger partial charge on any atom is 0.341 e. The highest BCUT2D eigenvalue weighted by molar-refractivity contribution is 6.32. The lowest BCUT2D eigenvalue weighted by atomic mass is 10.2. The highest BCUT2D eigenvalue weighted by Crippen LogP contribution is 2.19. The van der Waals surface area contributed by atoms with Crippen molar-refractivity contribution in [1.29, 1.82) is 0 Å². The van der Waals surface area contributed by atoms with Crippen LogP contribution in [0.25, 0.3) is 0 Å². The van der Waals surface area contributed by atoms with Gasteiger partial charge in [0.25, 0.3) is 5.91 Å². The van der Waals surface area contributed by atoms with Crippen LogP contribution in [0.1, 0.15) is 34.6 Å². The molecule has 2 aromatic rings. The Bertz CT molecular complexity index is 751. The van der Waals surface area contributed by atoms with Gasteiger partial charge < -0.3 is 14.8 Å². The van der Waals surface area contributed by atoms with Gasteiger partial charge in [-0.1, -0.05) is 23.7 Å². The van der Waals surface area contributed by atoms with Crippen LogP contribution in [0.15, 0.2) is 42.6 Å². The van der Waals surface area contributed by atoms with Gasteiger partial charge in [0.2, 0.25) is 0 Å². The third-order valence-corrected chi connectivity index (χ3v) is 3.55. The lowest BCUT2D eigenvalue weighted by Gasteiger charge is -2.15. The summed E-state index contributed by atoms with van der Waals surface area (Å²) in [5.41, 5.74) is 0.613. The van der Waals surface area contributed by atoms with Gasteiger partial charge in [-0.15, -0.1) is 0 Å². The van der Waals surface area contributed by atoms with Crippen LogP contribution in [0.4, 0.5) is 0 Å². The first-order chi connectivity index (χ1) is 12.0. The maximum atomic E-state index is 12.2. The van der Waals surface area contributed by atoms with Gasteiger partial charge in [-0.2, -0.15) is 0 Å². The van der Waals surface area contributed by atoms with E-state index in [4.69, 9.17) is 21.1 Å². The van der Waals surface area contributed by atoms with Crippen molar-refractivity contribution in [2.75, 3.05) is 13.2 Å². The molecule has 0 aliphatic rings. The van der Waals surface area contributed by atoms with Crippen LogP contribution in [0.5, 0.6) is 5.75 Å². The zero-order chi connectivity index (χ0) is 18.2. The van der Waals surface area contributed by atoms with Crippen molar-refractivity contribution in [3.8, 4) is 5.75 Å². The average Bonchev–Trinajstić information content (AvgIpc) is 2.60. The van der Waals surface area contributed by atoms with E-state index < -0.39 is 12.0 Å². The summed E-state index contributed by atoms with van der Waals surface area (Å²) >= 11 is 5.89. The first-order valence-corrected chi connectivity index (χ1v) is 8.21. The molecule has 1 heterocycles. The molecule has 2 rings (SSSR count). The minimum Gasteiger partial charge on any atom is -0.493 e. The van der Waals surface area contributed by atoms with Gasteiger partial charge in [0.1, 0.15) is 23.1 Å². The number of benzene rings is 1. The fourth-order valence-electron chi connectivity index (χ4n) is 2.09. The first kappa shape index (κ1) is 18.7. The largest absolute Gasteiger partial charge is 0.493 e. The van der Waals surface area contributed by atoms with Gasteiger partial charge in [0.15, 0.2) is 0 Å². The Morgan fingerprint density at radius 3 is 2.64 bits per heavy atom. The summed E-state index contributed by atoms with van der Waals surface area (Å²) in [5.74, 6) is -0.422. The Kier molecular flexibility index (Phi) is 6.77. The van der Waals surface area contributed by atoms with Gasteiger partial charge >= 0.3 is 5.97 Å². The highest BCUT2D eigenvalue weighted by atomic mass is 35.5. The minimum atomic E-state index is -0.510. The van der Waals surface area contributed by atoms with Crippen molar-refractivity contribution in [2.24, 2.45) is 0 Å². The van der Waals surface area contributed by atoms with E-state index in [9.17, 15) is 9.59 Å². The van der Waals surface area contributed by atoms with Crippen LogP contribution in [0.3, 0.4) is 0 Å². The van der Waals surface area contributed by atoms with Crippen LogP contribution in [0, 0.1) is 0 Å². The van der Waals surface area contributed by atoms with E-state index in [1.165, 1.54) is 6.20 Å². The molecule has 0 fully saturated rings. The lowest BCUT2D eigenvalue weighted by Crippen LogP contribution is -2.36. The summed E-state index contributed by atoms with van der Waals surface area (Å²) in [5, 5.41) is 2.83. The van der Waals surface area contributed by atoms with Gasteiger partial charge in [-0.3, -0.25) is 4.79 Å². The quantitative estimate of drug-likeness (QED) is 0.605. The number of ether oxygens (including phenoxy) is 2. The van der Waals surface area contributed by atoms with Crippen LogP contribution in [-0.2, 0) is 4.74 Å². The molecule has 0 saturated carbocycles. The second-order valence-corrected chi connectivity index (χ2v) is 5.60. The smallest absolute Gasteiger partial charge is 0.341 e. The first-order valence-electron chi connectivity index (χ1n) is 7.83. The second-order valence-electron chi connectivity index (χ2n) is 5.24. The monoisotopic (exact) mass is 362 g/mol. The van der Waals surface area contributed by atoms with Crippen molar-refractivity contribution in [3.05, 3.63) is 58.9 Å². The Morgan fingerprint density at radius 2 is 1.92 bits per heavy atom. The van der Waals surface area contributed by atoms with Crippen molar-refractivity contribution in [3.63, 3.8) is 0 Å². The van der Waals surface area contributed by atoms with Crippen molar-refractivity contribution >= 4 is 23.5 Å². The molecule has 0 spiro atoms. The summed E-state index contributed by atoms with van der Waals surface area (Å²) in [6, 6.07) is 9.64. The molecule has 25 heavy (non-hydrogen) atoms. The third-order valence-electron chi connectivity index (χ3n) is 3.25. The van der Waals surface area contributed by atoms with E-state index in [0.29, 0.717) is 17.9 Å². The number of para-hydroxylation sites is 1. The van der Waals surface area contributed by atoms with Crippen molar-refractivity contribution in [1.82, 2.24) is 10.3 Å². The van der Waals surface area contributed by atoms with Crippen LogP contribution < -0.4 is 10.1 Å². The van der Waals surface area contributed by atoms with Gasteiger partial charge in [-0.05, 0) is 38.1 Å². The molecule has 1 aromatic carbocycles. The number of carbonyl (C=O) groups is 2. The van der Waals surface area contributed by atoms with E-state index in [-0.39, 0.29) is 23.2 Å². The Hall–Kier alpha value is -2.60. The third kappa shape index (κ3) is 5.19. The molecule has 0 bridgehead atoms. The van der Waals surface area contributed by atoms with Crippen LogP contribution in [-0.4, -0.2) is 36.1 Å². The van der Waals surface area contributed by atoms with Crippen LogP contribution in [0.2, 0.25) is 5.15 Å². The Labute approximate surface area is 151 Å². The number of hydrogen-bond donors (Lipinski definition) is 1. The molecular formula is C18H19ClN2O4.